The molecule has 0 spiro atoms. The molecular formula is C23H32N2O5S. The Morgan fingerprint density at radius 2 is 1.71 bits per heavy atom. The first kappa shape index (κ1) is 24.7. The molecule has 0 fully saturated rings. The topological polar surface area (TPSA) is 93.7 Å². The van der Waals surface area contributed by atoms with Crippen LogP contribution < -0.4 is 19.5 Å². The summed E-state index contributed by atoms with van der Waals surface area (Å²) in [5, 5.41) is 2.82. The van der Waals surface area contributed by atoms with Crippen LogP contribution in [0, 0.1) is 6.92 Å². The summed E-state index contributed by atoms with van der Waals surface area (Å²) in [7, 11) is -2.46. The molecule has 0 aliphatic heterocycles. The molecule has 2 aromatic rings. The molecule has 0 heterocycles. The summed E-state index contributed by atoms with van der Waals surface area (Å²) in [6, 6.07) is 12.2. The number of ether oxygens (including phenoxy) is 2. The summed E-state index contributed by atoms with van der Waals surface area (Å²) in [6.45, 7) is 8.28. The summed E-state index contributed by atoms with van der Waals surface area (Å²) in [5.41, 5.74) is 0.771. The van der Waals surface area contributed by atoms with Gasteiger partial charge in [-0.2, -0.15) is 0 Å². The zero-order valence-electron chi connectivity index (χ0n) is 18.8. The number of hydrogen-bond acceptors (Lipinski definition) is 5. The minimum Gasteiger partial charge on any atom is -0.495 e. The molecule has 170 valence electrons. The van der Waals surface area contributed by atoms with Crippen molar-refractivity contribution in [3.63, 3.8) is 0 Å². The van der Waals surface area contributed by atoms with Crippen LogP contribution in [0.2, 0.25) is 0 Å². The lowest BCUT2D eigenvalue weighted by molar-refractivity contribution is 0.0952. The molecule has 7 nitrogen and oxygen atoms in total. The van der Waals surface area contributed by atoms with Gasteiger partial charge in [-0.05, 0) is 70.9 Å². The van der Waals surface area contributed by atoms with E-state index in [9.17, 15) is 13.2 Å². The number of rotatable bonds is 10. The van der Waals surface area contributed by atoms with Gasteiger partial charge < -0.3 is 14.8 Å². The molecule has 0 radical (unpaired) electrons. The van der Waals surface area contributed by atoms with Crippen molar-refractivity contribution >= 4 is 15.9 Å². The third-order valence-electron chi connectivity index (χ3n) is 4.30. The molecule has 31 heavy (non-hydrogen) atoms. The Labute approximate surface area is 185 Å². The van der Waals surface area contributed by atoms with Crippen molar-refractivity contribution < 1.29 is 22.7 Å². The Morgan fingerprint density at radius 3 is 2.32 bits per heavy atom. The molecule has 2 aromatic carbocycles. The molecule has 0 atom stereocenters. The first-order valence-electron chi connectivity index (χ1n) is 10.2. The number of amides is 1. The van der Waals surface area contributed by atoms with Crippen LogP contribution in [0.4, 0.5) is 0 Å². The van der Waals surface area contributed by atoms with Crippen LogP contribution >= 0.6 is 0 Å². The van der Waals surface area contributed by atoms with Crippen molar-refractivity contribution in [1.82, 2.24) is 10.0 Å². The van der Waals surface area contributed by atoms with E-state index in [2.05, 4.69) is 10.0 Å². The minimum atomic E-state index is -3.85. The van der Waals surface area contributed by atoms with E-state index in [0.29, 0.717) is 13.2 Å². The maximum absolute atomic E-state index is 12.7. The average Bonchev–Trinajstić information content (AvgIpc) is 2.69. The molecule has 0 unspecified atom stereocenters. The standard InChI is InChI=1S/C23H32N2O5S/c1-17-8-11-19(12-9-17)30-15-7-6-14-24-22(26)18-10-13-20(29-5)21(16-18)31(27,28)25-23(2,3)4/h8-13,16,25H,6-7,14-15H2,1-5H3,(H,24,26). The van der Waals surface area contributed by atoms with Gasteiger partial charge in [0.25, 0.3) is 5.91 Å². The molecule has 2 rings (SSSR count). The lowest BCUT2D eigenvalue weighted by Crippen LogP contribution is -2.40. The molecule has 0 aliphatic carbocycles. The number of hydrogen-bond donors (Lipinski definition) is 2. The van der Waals surface area contributed by atoms with Gasteiger partial charge in [-0.1, -0.05) is 17.7 Å². The zero-order valence-corrected chi connectivity index (χ0v) is 19.6. The van der Waals surface area contributed by atoms with Gasteiger partial charge in [-0.3, -0.25) is 4.79 Å². The summed E-state index contributed by atoms with van der Waals surface area (Å²) < 4.78 is 38.9. The third-order valence-corrected chi connectivity index (χ3v) is 6.08. The number of unbranched alkanes of at least 4 members (excludes halogenated alkanes) is 1. The van der Waals surface area contributed by atoms with Gasteiger partial charge >= 0.3 is 0 Å². The highest BCUT2D eigenvalue weighted by Crippen LogP contribution is 2.26. The summed E-state index contributed by atoms with van der Waals surface area (Å²) in [4.78, 5) is 12.4. The maximum atomic E-state index is 12.7. The molecule has 2 N–H and O–H groups in total. The highest BCUT2D eigenvalue weighted by Gasteiger charge is 2.26. The number of nitrogens with one attached hydrogen (secondary N) is 2. The van der Waals surface area contributed by atoms with Gasteiger partial charge in [0.1, 0.15) is 16.4 Å². The van der Waals surface area contributed by atoms with E-state index >= 15 is 0 Å². The van der Waals surface area contributed by atoms with E-state index in [-0.39, 0.29) is 22.1 Å². The van der Waals surface area contributed by atoms with Crippen LogP contribution in [0.15, 0.2) is 47.4 Å². The van der Waals surface area contributed by atoms with E-state index in [0.717, 1.165) is 18.6 Å². The van der Waals surface area contributed by atoms with Crippen LogP contribution in [0.5, 0.6) is 11.5 Å². The molecule has 0 saturated carbocycles. The first-order valence-corrected chi connectivity index (χ1v) is 11.7. The molecule has 8 heteroatoms. The van der Waals surface area contributed by atoms with Gasteiger partial charge in [0.15, 0.2) is 0 Å². The van der Waals surface area contributed by atoms with Crippen LogP contribution in [0.25, 0.3) is 0 Å². The lowest BCUT2D eigenvalue weighted by Gasteiger charge is -2.21. The normalized spacial score (nSPS) is 11.8. The van der Waals surface area contributed by atoms with Crippen molar-refractivity contribution in [3.05, 3.63) is 53.6 Å². The zero-order chi connectivity index (χ0) is 23.1. The molecule has 0 bridgehead atoms. The SMILES string of the molecule is COc1ccc(C(=O)NCCCCOc2ccc(C)cc2)cc1S(=O)(=O)NC(C)(C)C. The van der Waals surface area contributed by atoms with Crippen LogP contribution in [0.1, 0.15) is 49.5 Å². The van der Waals surface area contributed by atoms with E-state index in [1.807, 2.05) is 31.2 Å². The Kier molecular flexibility index (Phi) is 8.47. The quantitative estimate of drug-likeness (QED) is 0.541. The predicted octanol–water partition coefficient (Wildman–Crippen LogP) is 3.67. The van der Waals surface area contributed by atoms with E-state index < -0.39 is 15.6 Å². The number of methoxy groups -OCH3 is 1. The summed E-state index contributed by atoms with van der Waals surface area (Å²) in [5.74, 6) is 0.668. The van der Waals surface area contributed by atoms with Gasteiger partial charge in [0.05, 0.1) is 13.7 Å². The largest absolute Gasteiger partial charge is 0.495 e. The Bertz CT molecular complexity index is 980. The fourth-order valence-corrected chi connectivity index (χ4v) is 4.46. The second-order valence-corrected chi connectivity index (χ2v) is 10.00. The number of aryl methyl sites for hydroxylation is 1. The smallest absolute Gasteiger partial charge is 0.251 e. The highest BCUT2D eigenvalue weighted by atomic mass is 32.2. The van der Waals surface area contributed by atoms with E-state index in [4.69, 9.17) is 9.47 Å². The lowest BCUT2D eigenvalue weighted by atomic mass is 10.1. The van der Waals surface area contributed by atoms with E-state index in [1.165, 1.54) is 24.8 Å². The van der Waals surface area contributed by atoms with E-state index in [1.54, 1.807) is 26.8 Å². The fraction of sp³-hybridized carbons (Fsp3) is 0.435. The maximum Gasteiger partial charge on any atom is 0.251 e. The Hall–Kier alpha value is -2.58. The van der Waals surface area contributed by atoms with Crippen molar-refractivity contribution in [2.45, 2.75) is 51.0 Å². The first-order chi connectivity index (χ1) is 14.5. The van der Waals surface area contributed by atoms with Crippen LogP contribution in [-0.4, -0.2) is 40.1 Å². The van der Waals surface area contributed by atoms with Gasteiger partial charge in [0, 0.05) is 17.6 Å². The molecule has 0 aliphatic rings. The fourth-order valence-electron chi connectivity index (χ4n) is 2.84. The van der Waals surface area contributed by atoms with Gasteiger partial charge in [-0.25, -0.2) is 13.1 Å². The highest BCUT2D eigenvalue weighted by molar-refractivity contribution is 7.89. The molecule has 1 amide bonds. The van der Waals surface area contributed by atoms with Crippen molar-refractivity contribution in [2.75, 3.05) is 20.3 Å². The summed E-state index contributed by atoms with van der Waals surface area (Å²) in [6.07, 6.45) is 1.52. The number of benzene rings is 2. The van der Waals surface area contributed by atoms with Gasteiger partial charge in [0.2, 0.25) is 10.0 Å². The predicted molar refractivity (Wildman–Crippen MR) is 121 cm³/mol. The molecule has 0 aromatic heterocycles. The second kappa shape index (κ2) is 10.6. The molecular weight excluding hydrogens is 416 g/mol. The number of carbonyl (C=O) groups is 1. The minimum absolute atomic E-state index is 0.0657. The number of sulfonamides is 1. The van der Waals surface area contributed by atoms with Crippen molar-refractivity contribution in [2.24, 2.45) is 0 Å². The van der Waals surface area contributed by atoms with Crippen molar-refractivity contribution in [3.8, 4) is 11.5 Å². The third kappa shape index (κ3) is 7.88. The van der Waals surface area contributed by atoms with Gasteiger partial charge in [-0.15, -0.1) is 0 Å². The molecule has 0 saturated heterocycles. The monoisotopic (exact) mass is 448 g/mol. The average molecular weight is 449 g/mol. The summed E-state index contributed by atoms with van der Waals surface area (Å²) >= 11 is 0. The second-order valence-electron chi connectivity index (χ2n) is 8.35. The number of carbonyl (C=O) groups excluding carboxylic acids is 1. The van der Waals surface area contributed by atoms with Crippen LogP contribution in [0.3, 0.4) is 0 Å². The van der Waals surface area contributed by atoms with Crippen LogP contribution in [-0.2, 0) is 10.0 Å². The Balaban J connectivity index is 1.90. The van der Waals surface area contributed by atoms with Crippen molar-refractivity contribution in [1.29, 1.82) is 0 Å². The Morgan fingerprint density at radius 1 is 1.03 bits per heavy atom.